The summed E-state index contributed by atoms with van der Waals surface area (Å²) in [7, 11) is 0. The topological polar surface area (TPSA) is 74.6 Å². The van der Waals surface area contributed by atoms with Gasteiger partial charge in [0.25, 0.3) is 0 Å². The smallest absolute Gasteiger partial charge is 0.341 e. The molecule has 0 saturated heterocycles. The Kier molecular flexibility index (Phi) is 4.42. The molecule has 2 aromatic rings. The molecule has 2 heterocycles. The molecule has 1 aliphatic heterocycles. The van der Waals surface area contributed by atoms with Crippen LogP contribution in [0.5, 0.6) is 5.75 Å². The second-order valence-corrected chi connectivity index (χ2v) is 7.35. The molecule has 0 bridgehead atoms. The van der Waals surface area contributed by atoms with E-state index in [0.29, 0.717) is 0 Å². The van der Waals surface area contributed by atoms with Gasteiger partial charge in [0.2, 0.25) is 0 Å². The Bertz CT molecular complexity index is 942. The lowest BCUT2D eigenvalue weighted by molar-refractivity contribution is 0.243. The van der Waals surface area contributed by atoms with Crippen LogP contribution in [0.25, 0.3) is 5.57 Å². The van der Waals surface area contributed by atoms with Crippen LogP contribution in [0, 0.1) is 0 Å². The van der Waals surface area contributed by atoms with Crippen molar-refractivity contribution in [2.75, 3.05) is 0 Å². The SMILES string of the molecule is CC1=NC(=O)NC(c2cccc(O)c2)C1c1nc(C2=CCCC=C2)cs1. The predicted molar refractivity (Wildman–Crippen MR) is 104 cm³/mol. The second-order valence-electron chi connectivity index (χ2n) is 6.46. The third-order valence-corrected chi connectivity index (χ3v) is 5.58. The Morgan fingerprint density at radius 2 is 2.19 bits per heavy atom. The summed E-state index contributed by atoms with van der Waals surface area (Å²) in [6.07, 6.45) is 8.58. The molecule has 2 unspecified atom stereocenters. The predicted octanol–water partition coefficient (Wildman–Crippen LogP) is 4.59. The van der Waals surface area contributed by atoms with Crippen molar-refractivity contribution in [1.29, 1.82) is 0 Å². The summed E-state index contributed by atoms with van der Waals surface area (Å²) in [5.41, 5.74) is 3.67. The highest BCUT2D eigenvalue weighted by molar-refractivity contribution is 7.10. The van der Waals surface area contributed by atoms with E-state index in [0.717, 1.165) is 40.4 Å². The first-order chi connectivity index (χ1) is 12.6. The van der Waals surface area contributed by atoms with E-state index in [1.807, 2.05) is 13.0 Å². The number of thiazole rings is 1. The molecule has 0 radical (unpaired) electrons. The van der Waals surface area contributed by atoms with E-state index in [4.69, 9.17) is 4.98 Å². The Morgan fingerprint density at radius 1 is 1.31 bits per heavy atom. The number of urea groups is 1. The summed E-state index contributed by atoms with van der Waals surface area (Å²) in [5, 5.41) is 15.7. The van der Waals surface area contributed by atoms with Crippen molar-refractivity contribution >= 4 is 28.7 Å². The second kappa shape index (κ2) is 6.88. The van der Waals surface area contributed by atoms with Gasteiger partial charge < -0.3 is 10.4 Å². The van der Waals surface area contributed by atoms with Gasteiger partial charge in [-0.3, -0.25) is 0 Å². The summed E-state index contributed by atoms with van der Waals surface area (Å²) < 4.78 is 0. The summed E-state index contributed by atoms with van der Waals surface area (Å²) in [6.45, 7) is 1.86. The van der Waals surface area contributed by atoms with Crippen molar-refractivity contribution in [3.8, 4) is 5.75 Å². The average Bonchev–Trinajstić information content (AvgIpc) is 3.11. The molecule has 2 atom stereocenters. The molecule has 6 heteroatoms. The highest BCUT2D eigenvalue weighted by Gasteiger charge is 2.35. The maximum absolute atomic E-state index is 12.0. The highest BCUT2D eigenvalue weighted by atomic mass is 32.1. The van der Waals surface area contributed by atoms with Crippen molar-refractivity contribution in [3.05, 3.63) is 64.1 Å². The van der Waals surface area contributed by atoms with Crippen LogP contribution in [-0.2, 0) is 0 Å². The molecular weight excluding hydrogens is 346 g/mol. The number of carbonyl (C=O) groups excluding carboxylic acids is 1. The summed E-state index contributed by atoms with van der Waals surface area (Å²) in [4.78, 5) is 20.9. The van der Waals surface area contributed by atoms with Gasteiger partial charge in [-0.25, -0.2) is 14.8 Å². The molecular formula is C20H19N3O2S. The lowest BCUT2D eigenvalue weighted by atomic mass is 9.88. The first-order valence-corrected chi connectivity index (χ1v) is 9.47. The zero-order valence-corrected chi connectivity index (χ0v) is 15.2. The number of rotatable bonds is 3. The van der Waals surface area contributed by atoms with E-state index in [1.165, 1.54) is 0 Å². The number of hydrogen-bond acceptors (Lipinski definition) is 4. The molecule has 132 valence electrons. The number of benzene rings is 1. The molecule has 0 fully saturated rings. The fourth-order valence-corrected chi connectivity index (χ4v) is 4.43. The average molecular weight is 365 g/mol. The number of amides is 2. The van der Waals surface area contributed by atoms with Crippen molar-refractivity contribution in [2.24, 2.45) is 4.99 Å². The van der Waals surface area contributed by atoms with E-state index in [1.54, 1.807) is 29.5 Å². The van der Waals surface area contributed by atoms with Crippen molar-refractivity contribution in [2.45, 2.75) is 31.7 Å². The van der Waals surface area contributed by atoms with E-state index in [9.17, 15) is 9.90 Å². The monoisotopic (exact) mass is 365 g/mol. The van der Waals surface area contributed by atoms with Gasteiger partial charge in [-0.2, -0.15) is 0 Å². The Labute approximate surface area is 155 Å². The Morgan fingerprint density at radius 3 is 2.96 bits per heavy atom. The highest BCUT2D eigenvalue weighted by Crippen LogP contribution is 2.38. The normalized spacial score (nSPS) is 22.6. The van der Waals surface area contributed by atoms with Gasteiger partial charge >= 0.3 is 6.03 Å². The quantitative estimate of drug-likeness (QED) is 0.835. The number of hydrogen-bond donors (Lipinski definition) is 2. The molecule has 0 saturated carbocycles. The number of phenols is 1. The van der Waals surface area contributed by atoms with E-state index < -0.39 is 0 Å². The summed E-state index contributed by atoms with van der Waals surface area (Å²) >= 11 is 1.58. The zero-order valence-electron chi connectivity index (χ0n) is 14.3. The standard InChI is InChI=1S/C20H19N3O2S/c1-12-17(19-22-16(11-26-19)13-6-3-2-4-7-13)18(23-20(25)21-12)14-8-5-9-15(24)10-14/h3,5-11,17-18,24H,2,4H2,1H3,(H,23,25). The van der Waals surface area contributed by atoms with Crippen LogP contribution in [-0.4, -0.2) is 21.8 Å². The maximum atomic E-state index is 12.0. The van der Waals surface area contributed by atoms with Crippen LogP contribution in [0.15, 0.2) is 52.9 Å². The number of nitrogens with one attached hydrogen (secondary N) is 1. The Balaban J connectivity index is 1.73. The Hall–Kier alpha value is -2.73. The summed E-state index contributed by atoms with van der Waals surface area (Å²) in [5.74, 6) is 0.0226. The van der Waals surface area contributed by atoms with Crippen LogP contribution in [0.1, 0.15) is 48.0 Å². The van der Waals surface area contributed by atoms with Gasteiger partial charge in [-0.05, 0) is 43.0 Å². The van der Waals surface area contributed by atoms with Gasteiger partial charge in [0.05, 0.1) is 17.7 Å². The van der Waals surface area contributed by atoms with E-state index >= 15 is 0 Å². The first kappa shape index (κ1) is 16.7. The van der Waals surface area contributed by atoms with E-state index in [-0.39, 0.29) is 23.7 Å². The minimum atomic E-state index is -0.359. The number of phenolic OH excluding ortho intramolecular Hbond substituents is 1. The molecule has 26 heavy (non-hydrogen) atoms. The minimum absolute atomic E-state index is 0.151. The lowest BCUT2D eigenvalue weighted by Crippen LogP contribution is -2.38. The van der Waals surface area contributed by atoms with Crippen LogP contribution in [0.2, 0.25) is 0 Å². The molecule has 2 amide bonds. The summed E-state index contributed by atoms with van der Waals surface area (Å²) in [6, 6.07) is 6.31. The number of aliphatic imine (C=N–C) groups is 1. The lowest BCUT2D eigenvalue weighted by Gasteiger charge is -2.30. The van der Waals surface area contributed by atoms with Gasteiger partial charge in [0.15, 0.2) is 0 Å². The van der Waals surface area contributed by atoms with Crippen LogP contribution in [0.3, 0.4) is 0 Å². The van der Waals surface area contributed by atoms with Gasteiger partial charge in [-0.15, -0.1) is 11.3 Å². The van der Waals surface area contributed by atoms with Gasteiger partial charge in [0, 0.05) is 11.1 Å². The number of aromatic hydroxyl groups is 1. The molecule has 1 aromatic heterocycles. The van der Waals surface area contributed by atoms with Crippen LogP contribution < -0.4 is 5.32 Å². The fraction of sp³-hybridized carbons (Fsp3) is 0.250. The molecule has 1 aromatic carbocycles. The molecule has 2 aliphatic rings. The number of allylic oxidation sites excluding steroid dienone is 4. The number of nitrogens with zero attached hydrogens (tertiary/aromatic N) is 2. The van der Waals surface area contributed by atoms with Crippen LogP contribution in [0.4, 0.5) is 4.79 Å². The van der Waals surface area contributed by atoms with Crippen molar-refractivity contribution in [1.82, 2.24) is 10.3 Å². The third kappa shape index (κ3) is 3.20. The molecule has 4 rings (SSSR count). The molecule has 0 spiro atoms. The van der Waals surface area contributed by atoms with Crippen molar-refractivity contribution < 1.29 is 9.90 Å². The fourth-order valence-electron chi connectivity index (χ4n) is 3.40. The number of carbonyl (C=O) groups is 1. The van der Waals surface area contributed by atoms with Crippen molar-refractivity contribution in [3.63, 3.8) is 0 Å². The molecule has 1 aliphatic carbocycles. The minimum Gasteiger partial charge on any atom is -0.508 e. The van der Waals surface area contributed by atoms with E-state index in [2.05, 4.69) is 33.9 Å². The largest absolute Gasteiger partial charge is 0.508 e. The van der Waals surface area contributed by atoms with Crippen LogP contribution >= 0.6 is 11.3 Å². The molecule has 5 nitrogen and oxygen atoms in total. The van der Waals surface area contributed by atoms with Gasteiger partial charge in [0.1, 0.15) is 10.8 Å². The van der Waals surface area contributed by atoms with Gasteiger partial charge in [-0.1, -0.05) is 30.4 Å². The third-order valence-electron chi connectivity index (χ3n) is 4.65. The zero-order chi connectivity index (χ0) is 18.1. The maximum Gasteiger partial charge on any atom is 0.341 e. The number of aromatic nitrogens is 1. The first-order valence-electron chi connectivity index (χ1n) is 8.59. The molecule has 2 N–H and O–H groups in total.